The average molecular weight is 399 g/mol. The van der Waals surface area contributed by atoms with Crippen molar-refractivity contribution >= 4 is 36.6 Å². The van der Waals surface area contributed by atoms with Crippen LogP contribution in [-0.4, -0.2) is 80.1 Å². The van der Waals surface area contributed by atoms with E-state index >= 15 is 0 Å². The van der Waals surface area contributed by atoms with Gasteiger partial charge in [0.2, 0.25) is 11.8 Å². The van der Waals surface area contributed by atoms with Gasteiger partial charge in [0.15, 0.2) is 0 Å². The smallest absolute Gasteiger partial charge is 0.241 e. The Balaban J connectivity index is 0.00000288. The summed E-state index contributed by atoms with van der Waals surface area (Å²) in [5, 5.41) is 3.14. The molecule has 0 bridgehead atoms. The Kier molecular flexibility index (Phi) is 12.4. The number of hydrogen-bond donors (Lipinski definition) is 2. The molecule has 0 spiro atoms. The number of carbonyl (C=O) groups is 2. The molecule has 25 heavy (non-hydrogen) atoms. The Morgan fingerprint density at radius 3 is 2.28 bits per heavy atom. The fraction of sp³-hybridized carbons (Fsp3) is 0.875. The van der Waals surface area contributed by atoms with Gasteiger partial charge in [0, 0.05) is 39.3 Å². The van der Waals surface area contributed by atoms with E-state index in [1.165, 1.54) is 26.4 Å². The molecule has 1 saturated heterocycles. The van der Waals surface area contributed by atoms with Gasteiger partial charge in [-0.1, -0.05) is 19.3 Å². The highest BCUT2D eigenvalue weighted by Crippen LogP contribution is 2.17. The van der Waals surface area contributed by atoms with Gasteiger partial charge in [-0.15, -0.1) is 24.8 Å². The first-order valence-electron chi connectivity index (χ1n) is 8.65. The lowest BCUT2D eigenvalue weighted by atomic mass is 9.95. The fourth-order valence-corrected chi connectivity index (χ4v) is 3.34. The number of piperazine rings is 1. The Morgan fingerprint density at radius 2 is 1.72 bits per heavy atom. The number of rotatable bonds is 6. The summed E-state index contributed by atoms with van der Waals surface area (Å²) >= 11 is 0. The maximum absolute atomic E-state index is 12.1. The molecule has 2 fully saturated rings. The third-order valence-corrected chi connectivity index (χ3v) is 4.68. The quantitative estimate of drug-likeness (QED) is 0.675. The molecule has 2 aliphatic rings. The van der Waals surface area contributed by atoms with Gasteiger partial charge >= 0.3 is 0 Å². The van der Waals surface area contributed by atoms with Gasteiger partial charge in [-0.3, -0.25) is 14.5 Å². The van der Waals surface area contributed by atoms with Gasteiger partial charge in [-0.25, -0.2) is 0 Å². The SMILES string of the molecule is COCC(N)C(=O)N1CCN(CC(=O)NC2CCCCC2)CC1.Cl.Cl. The number of hydrogen-bond acceptors (Lipinski definition) is 5. The molecule has 1 aliphatic carbocycles. The van der Waals surface area contributed by atoms with E-state index in [0.29, 0.717) is 38.8 Å². The Hall–Kier alpha value is -0.600. The number of nitrogens with zero attached hydrogens (tertiary/aromatic N) is 2. The zero-order valence-corrected chi connectivity index (χ0v) is 16.6. The largest absolute Gasteiger partial charge is 0.383 e. The molecule has 3 N–H and O–H groups in total. The second-order valence-electron chi connectivity index (χ2n) is 6.57. The summed E-state index contributed by atoms with van der Waals surface area (Å²) in [5.41, 5.74) is 5.78. The molecule has 0 aromatic rings. The summed E-state index contributed by atoms with van der Waals surface area (Å²) < 4.78 is 4.93. The number of nitrogens with two attached hydrogens (primary N) is 1. The highest BCUT2D eigenvalue weighted by molar-refractivity contribution is 5.85. The van der Waals surface area contributed by atoms with Crippen LogP contribution in [-0.2, 0) is 14.3 Å². The monoisotopic (exact) mass is 398 g/mol. The molecule has 1 aliphatic heterocycles. The molecule has 0 radical (unpaired) electrons. The molecule has 9 heteroatoms. The fourth-order valence-electron chi connectivity index (χ4n) is 3.34. The topological polar surface area (TPSA) is 87.9 Å². The predicted molar refractivity (Wildman–Crippen MR) is 102 cm³/mol. The second-order valence-corrected chi connectivity index (χ2v) is 6.57. The van der Waals surface area contributed by atoms with Crippen molar-refractivity contribution in [3.8, 4) is 0 Å². The molecule has 1 atom stereocenters. The van der Waals surface area contributed by atoms with E-state index < -0.39 is 6.04 Å². The molecule has 2 rings (SSSR count). The molecule has 148 valence electrons. The van der Waals surface area contributed by atoms with Crippen LogP contribution < -0.4 is 11.1 Å². The standard InChI is InChI=1S/C16H30N4O3.2ClH/c1-23-12-14(17)16(22)20-9-7-19(8-10-20)11-15(21)18-13-5-3-2-4-6-13;;/h13-14H,2-12,17H2,1H3,(H,18,21);2*1H. The molecular formula is C16H32Cl2N4O3. The van der Waals surface area contributed by atoms with Crippen LogP contribution in [0.5, 0.6) is 0 Å². The summed E-state index contributed by atoms with van der Waals surface area (Å²) in [7, 11) is 1.54. The van der Waals surface area contributed by atoms with Gasteiger partial charge < -0.3 is 20.7 Å². The zero-order chi connectivity index (χ0) is 16.7. The highest BCUT2D eigenvalue weighted by atomic mass is 35.5. The third kappa shape index (κ3) is 8.09. The molecular weight excluding hydrogens is 367 g/mol. The van der Waals surface area contributed by atoms with Gasteiger partial charge in [0.25, 0.3) is 0 Å². The number of carbonyl (C=O) groups excluding carboxylic acids is 2. The number of nitrogens with one attached hydrogen (secondary N) is 1. The second kappa shape index (κ2) is 12.7. The minimum absolute atomic E-state index is 0. The van der Waals surface area contributed by atoms with Crippen LogP contribution in [0.4, 0.5) is 0 Å². The van der Waals surface area contributed by atoms with Crippen LogP contribution in [0.1, 0.15) is 32.1 Å². The first-order chi connectivity index (χ1) is 11.1. The van der Waals surface area contributed by atoms with Crippen LogP contribution in [0.25, 0.3) is 0 Å². The molecule has 7 nitrogen and oxygen atoms in total. The number of methoxy groups -OCH3 is 1. The molecule has 2 amide bonds. The highest BCUT2D eigenvalue weighted by Gasteiger charge is 2.26. The third-order valence-electron chi connectivity index (χ3n) is 4.68. The summed E-state index contributed by atoms with van der Waals surface area (Å²) in [4.78, 5) is 28.1. The van der Waals surface area contributed by atoms with Crippen LogP contribution >= 0.6 is 24.8 Å². The van der Waals surface area contributed by atoms with Gasteiger partial charge in [-0.05, 0) is 12.8 Å². The van der Waals surface area contributed by atoms with E-state index in [9.17, 15) is 9.59 Å². The Labute approximate surface area is 162 Å². The maximum Gasteiger partial charge on any atom is 0.241 e. The van der Waals surface area contributed by atoms with E-state index in [4.69, 9.17) is 10.5 Å². The lowest BCUT2D eigenvalue weighted by Gasteiger charge is -2.35. The number of ether oxygens (including phenoxy) is 1. The van der Waals surface area contributed by atoms with Gasteiger partial charge in [0.05, 0.1) is 13.2 Å². The van der Waals surface area contributed by atoms with Crippen molar-refractivity contribution in [2.24, 2.45) is 5.73 Å². The van der Waals surface area contributed by atoms with Gasteiger partial charge in [0.1, 0.15) is 6.04 Å². The molecule has 0 aromatic carbocycles. The van der Waals surface area contributed by atoms with Crippen molar-refractivity contribution < 1.29 is 14.3 Å². The predicted octanol–water partition coefficient (Wildman–Crippen LogP) is 0.397. The lowest BCUT2D eigenvalue weighted by Crippen LogP contribution is -2.55. The molecule has 1 heterocycles. The number of halogens is 2. The van der Waals surface area contributed by atoms with E-state index in [0.717, 1.165) is 12.8 Å². The van der Waals surface area contributed by atoms with Crippen LogP contribution in [0.15, 0.2) is 0 Å². The van der Waals surface area contributed by atoms with E-state index in [1.54, 1.807) is 4.90 Å². The molecule has 1 unspecified atom stereocenters. The Bertz CT molecular complexity index is 401. The summed E-state index contributed by atoms with van der Waals surface area (Å²) in [6, 6.07) is -0.243. The number of amides is 2. The van der Waals surface area contributed by atoms with Crippen molar-refractivity contribution in [3.63, 3.8) is 0 Å². The average Bonchev–Trinajstić information content (AvgIpc) is 2.56. The zero-order valence-electron chi connectivity index (χ0n) is 14.9. The molecule has 1 saturated carbocycles. The van der Waals surface area contributed by atoms with Crippen LogP contribution in [0.3, 0.4) is 0 Å². The normalized spacial score (nSPS) is 20.2. The van der Waals surface area contributed by atoms with Crippen molar-refractivity contribution in [3.05, 3.63) is 0 Å². The summed E-state index contributed by atoms with van der Waals surface area (Å²) in [6.07, 6.45) is 5.92. The summed E-state index contributed by atoms with van der Waals surface area (Å²) in [5.74, 6) is 0.0333. The van der Waals surface area contributed by atoms with E-state index in [1.807, 2.05) is 0 Å². The maximum atomic E-state index is 12.1. The Morgan fingerprint density at radius 1 is 1.12 bits per heavy atom. The van der Waals surface area contributed by atoms with Crippen molar-refractivity contribution in [1.82, 2.24) is 15.1 Å². The van der Waals surface area contributed by atoms with Crippen LogP contribution in [0.2, 0.25) is 0 Å². The van der Waals surface area contributed by atoms with Crippen molar-refractivity contribution in [2.45, 2.75) is 44.2 Å². The van der Waals surface area contributed by atoms with Crippen molar-refractivity contribution in [2.75, 3.05) is 46.4 Å². The van der Waals surface area contributed by atoms with E-state index in [2.05, 4.69) is 10.2 Å². The first kappa shape index (κ1) is 24.4. The minimum Gasteiger partial charge on any atom is -0.383 e. The first-order valence-corrected chi connectivity index (χ1v) is 8.65. The van der Waals surface area contributed by atoms with E-state index in [-0.39, 0.29) is 43.2 Å². The lowest BCUT2D eigenvalue weighted by molar-refractivity contribution is -0.135. The molecule has 0 aromatic heterocycles. The minimum atomic E-state index is -0.596. The van der Waals surface area contributed by atoms with Gasteiger partial charge in [-0.2, -0.15) is 0 Å². The summed E-state index contributed by atoms with van der Waals surface area (Å²) in [6.45, 7) is 3.32. The van der Waals surface area contributed by atoms with Crippen molar-refractivity contribution in [1.29, 1.82) is 0 Å². The van der Waals surface area contributed by atoms with Crippen LogP contribution in [0, 0.1) is 0 Å².